The number of amides is 2. The van der Waals surface area contributed by atoms with Gasteiger partial charge in [0.1, 0.15) is 6.04 Å². The molecule has 0 radical (unpaired) electrons. The van der Waals surface area contributed by atoms with Gasteiger partial charge in [-0.3, -0.25) is 13.9 Å². The van der Waals surface area contributed by atoms with Crippen molar-refractivity contribution in [1.82, 2.24) is 10.2 Å². The van der Waals surface area contributed by atoms with Gasteiger partial charge >= 0.3 is 0 Å². The summed E-state index contributed by atoms with van der Waals surface area (Å²) in [5, 5.41) is 2.92. The highest BCUT2D eigenvalue weighted by Gasteiger charge is 2.29. The average Bonchev–Trinajstić information content (AvgIpc) is 2.81. The highest BCUT2D eigenvalue weighted by atomic mass is 32.2. The third-order valence-corrected chi connectivity index (χ3v) is 7.34. The molecule has 2 rings (SSSR count). The molecule has 0 aliphatic carbocycles. The molecule has 0 unspecified atom stereocenters. The zero-order valence-electron chi connectivity index (χ0n) is 22.5. The lowest BCUT2D eigenvalue weighted by Gasteiger charge is -2.31. The van der Waals surface area contributed by atoms with Gasteiger partial charge in [-0.05, 0) is 62.8 Å². The molecule has 0 aliphatic rings. The highest BCUT2D eigenvalue weighted by Crippen LogP contribution is 2.25. The number of carbonyl (C=O) groups excluding carboxylic acids is 2. The second kappa shape index (κ2) is 13.4. The Balaban J connectivity index is 2.24. The van der Waals surface area contributed by atoms with Gasteiger partial charge in [-0.1, -0.05) is 55.8 Å². The molecule has 36 heavy (non-hydrogen) atoms. The molecule has 7 nitrogen and oxygen atoms in total. The predicted molar refractivity (Wildman–Crippen MR) is 146 cm³/mol. The van der Waals surface area contributed by atoms with Crippen LogP contribution >= 0.6 is 0 Å². The van der Waals surface area contributed by atoms with Gasteiger partial charge in [0, 0.05) is 26.1 Å². The van der Waals surface area contributed by atoms with Gasteiger partial charge < -0.3 is 10.2 Å². The summed E-state index contributed by atoms with van der Waals surface area (Å²) in [7, 11) is -3.53. The van der Waals surface area contributed by atoms with Crippen molar-refractivity contribution in [3.63, 3.8) is 0 Å². The maximum atomic E-state index is 13.5. The minimum absolute atomic E-state index is 0.139. The van der Waals surface area contributed by atoms with Crippen molar-refractivity contribution in [2.45, 2.75) is 72.9 Å². The topological polar surface area (TPSA) is 86.8 Å². The Kier molecular flexibility index (Phi) is 11.0. The normalized spacial score (nSPS) is 12.2. The van der Waals surface area contributed by atoms with Crippen LogP contribution in [0.15, 0.2) is 42.5 Å². The number of nitrogens with one attached hydrogen (secondary N) is 1. The second-order valence-electron chi connectivity index (χ2n) is 9.45. The van der Waals surface area contributed by atoms with Crippen LogP contribution in [-0.2, 0) is 26.2 Å². The summed E-state index contributed by atoms with van der Waals surface area (Å²) < 4.78 is 26.6. The number of rotatable bonds is 13. The summed E-state index contributed by atoms with van der Waals surface area (Å²) in [4.78, 5) is 28.0. The van der Waals surface area contributed by atoms with Crippen LogP contribution in [0.1, 0.15) is 61.8 Å². The summed E-state index contributed by atoms with van der Waals surface area (Å²) in [6.45, 7) is 10.7. The monoisotopic (exact) mass is 515 g/mol. The first-order chi connectivity index (χ1) is 17.0. The van der Waals surface area contributed by atoms with E-state index in [0.717, 1.165) is 28.7 Å². The Bertz CT molecular complexity index is 1150. The van der Waals surface area contributed by atoms with Crippen molar-refractivity contribution in [1.29, 1.82) is 0 Å². The molecule has 2 amide bonds. The molecule has 0 saturated heterocycles. The zero-order valence-corrected chi connectivity index (χ0v) is 23.3. The highest BCUT2D eigenvalue weighted by molar-refractivity contribution is 7.92. The minimum atomic E-state index is -3.53. The quantitative estimate of drug-likeness (QED) is 0.426. The van der Waals surface area contributed by atoms with Gasteiger partial charge in [-0.2, -0.15) is 0 Å². The Morgan fingerprint density at radius 2 is 1.69 bits per heavy atom. The molecule has 198 valence electrons. The number of benzene rings is 2. The average molecular weight is 516 g/mol. The van der Waals surface area contributed by atoms with Crippen LogP contribution in [0.4, 0.5) is 5.69 Å². The van der Waals surface area contributed by atoms with Crippen molar-refractivity contribution in [3.05, 3.63) is 64.7 Å². The molecule has 0 aliphatic heterocycles. The van der Waals surface area contributed by atoms with E-state index in [1.807, 2.05) is 77.1 Å². The molecule has 1 N–H and O–H groups in total. The largest absolute Gasteiger partial charge is 0.354 e. The third kappa shape index (κ3) is 8.36. The summed E-state index contributed by atoms with van der Waals surface area (Å²) in [6.07, 6.45) is 2.97. The molecule has 0 fully saturated rings. The molecule has 2 aromatic rings. The fraction of sp³-hybridized carbons (Fsp3) is 0.500. The first-order valence-corrected chi connectivity index (χ1v) is 14.5. The number of anilines is 1. The van der Waals surface area contributed by atoms with E-state index in [0.29, 0.717) is 31.6 Å². The standard InChI is InChI=1S/C28H41N3O4S/c1-7-16-29-28(33)25(8-2)30(20-24-12-9-11-21(3)18-24)27(32)13-10-17-31(36(6,34)35)26-19-22(4)14-15-23(26)5/h9,11-12,14-15,18-19,25H,7-8,10,13,16-17,20H2,1-6H3,(H,29,33)/t25-/m1/s1. The fourth-order valence-corrected chi connectivity index (χ4v) is 5.28. The van der Waals surface area contributed by atoms with Gasteiger partial charge in [-0.15, -0.1) is 0 Å². The van der Waals surface area contributed by atoms with E-state index in [9.17, 15) is 18.0 Å². The first kappa shape index (κ1) is 29.4. The molecule has 2 aromatic carbocycles. The number of hydrogen-bond donors (Lipinski definition) is 1. The Hall–Kier alpha value is -2.87. The van der Waals surface area contributed by atoms with Crippen LogP contribution in [0.3, 0.4) is 0 Å². The van der Waals surface area contributed by atoms with Crippen molar-refractivity contribution in [3.8, 4) is 0 Å². The van der Waals surface area contributed by atoms with Crippen LogP contribution in [0.25, 0.3) is 0 Å². The molecule has 8 heteroatoms. The van der Waals surface area contributed by atoms with Crippen LogP contribution < -0.4 is 9.62 Å². The van der Waals surface area contributed by atoms with E-state index in [1.54, 1.807) is 4.90 Å². The number of hydrogen-bond acceptors (Lipinski definition) is 4. The number of nitrogens with zero attached hydrogens (tertiary/aromatic N) is 2. The molecule has 0 bridgehead atoms. The van der Waals surface area contributed by atoms with Crippen LogP contribution in [-0.4, -0.2) is 50.5 Å². The lowest BCUT2D eigenvalue weighted by Crippen LogP contribution is -2.49. The Morgan fingerprint density at radius 3 is 2.31 bits per heavy atom. The summed E-state index contributed by atoms with van der Waals surface area (Å²) in [5.74, 6) is -0.321. The zero-order chi connectivity index (χ0) is 26.9. The lowest BCUT2D eigenvalue weighted by atomic mass is 10.1. The van der Waals surface area contributed by atoms with Crippen molar-refractivity contribution >= 4 is 27.5 Å². The van der Waals surface area contributed by atoms with Gasteiger partial charge in [-0.25, -0.2) is 8.42 Å². The lowest BCUT2D eigenvalue weighted by molar-refractivity contribution is -0.141. The minimum Gasteiger partial charge on any atom is -0.354 e. The fourth-order valence-electron chi connectivity index (χ4n) is 4.26. The molecule has 0 spiro atoms. The molecule has 0 aromatic heterocycles. The van der Waals surface area contributed by atoms with E-state index < -0.39 is 16.1 Å². The predicted octanol–water partition coefficient (Wildman–Crippen LogP) is 4.49. The second-order valence-corrected chi connectivity index (χ2v) is 11.4. The van der Waals surface area contributed by atoms with E-state index in [1.165, 1.54) is 10.6 Å². The van der Waals surface area contributed by atoms with Crippen molar-refractivity contribution in [2.24, 2.45) is 0 Å². The van der Waals surface area contributed by atoms with Crippen molar-refractivity contribution in [2.75, 3.05) is 23.7 Å². The number of carbonyl (C=O) groups is 2. The van der Waals surface area contributed by atoms with E-state index in [2.05, 4.69) is 5.32 Å². The Morgan fingerprint density at radius 1 is 1.00 bits per heavy atom. The van der Waals surface area contributed by atoms with Crippen LogP contribution in [0, 0.1) is 20.8 Å². The van der Waals surface area contributed by atoms with E-state index >= 15 is 0 Å². The molecule has 0 saturated carbocycles. The summed E-state index contributed by atoms with van der Waals surface area (Å²) in [5.41, 5.74) is 4.50. The molecule has 1 atom stereocenters. The smallest absolute Gasteiger partial charge is 0.242 e. The maximum Gasteiger partial charge on any atom is 0.242 e. The molecule has 0 heterocycles. The Labute approximate surface area is 216 Å². The van der Waals surface area contributed by atoms with Crippen LogP contribution in [0.5, 0.6) is 0 Å². The first-order valence-electron chi connectivity index (χ1n) is 12.7. The van der Waals surface area contributed by atoms with Gasteiger partial charge in [0.05, 0.1) is 11.9 Å². The van der Waals surface area contributed by atoms with Gasteiger partial charge in [0.25, 0.3) is 0 Å². The number of sulfonamides is 1. The SMILES string of the molecule is CCCNC(=O)[C@@H](CC)N(Cc1cccc(C)c1)C(=O)CCCN(c1cc(C)ccc1C)S(C)(=O)=O. The van der Waals surface area contributed by atoms with Gasteiger partial charge in [0.2, 0.25) is 21.8 Å². The van der Waals surface area contributed by atoms with E-state index in [4.69, 9.17) is 0 Å². The molecular weight excluding hydrogens is 474 g/mol. The third-order valence-electron chi connectivity index (χ3n) is 6.16. The van der Waals surface area contributed by atoms with Crippen molar-refractivity contribution < 1.29 is 18.0 Å². The summed E-state index contributed by atoms with van der Waals surface area (Å²) in [6, 6.07) is 13.0. The van der Waals surface area contributed by atoms with E-state index in [-0.39, 0.29) is 24.8 Å². The molecular formula is C28H41N3O4S. The van der Waals surface area contributed by atoms with Gasteiger partial charge in [0.15, 0.2) is 0 Å². The van der Waals surface area contributed by atoms with Crippen LogP contribution in [0.2, 0.25) is 0 Å². The number of aryl methyl sites for hydroxylation is 3. The maximum absolute atomic E-state index is 13.5. The summed E-state index contributed by atoms with van der Waals surface area (Å²) >= 11 is 0.